The molecule has 0 heterocycles. The third kappa shape index (κ3) is 1.88. The molecule has 2 rings (SSSR count). The molecule has 1 fully saturated rings. The lowest BCUT2D eigenvalue weighted by Crippen LogP contribution is -2.10. The summed E-state index contributed by atoms with van der Waals surface area (Å²) in [4.78, 5) is 0. The van der Waals surface area contributed by atoms with Gasteiger partial charge in [-0.3, -0.25) is 0 Å². The van der Waals surface area contributed by atoms with Gasteiger partial charge < -0.3 is 5.11 Å². The normalized spacial score (nSPS) is 17.8. The van der Waals surface area contributed by atoms with E-state index in [1.54, 1.807) is 12.1 Å². The highest BCUT2D eigenvalue weighted by Crippen LogP contribution is 2.38. The molecule has 1 saturated carbocycles. The Morgan fingerprint density at radius 3 is 2.38 bits per heavy atom. The molecule has 1 aliphatic carbocycles. The fourth-order valence-corrected chi connectivity index (χ4v) is 1.40. The zero-order valence-corrected chi connectivity index (χ0v) is 7.33. The van der Waals surface area contributed by atoms with Crippen molar-refractivity contribution < 1.29 is 5.11 Å². The highest BCUT2D eigenvalue weighted by molar-refractivity contribution is 5.32. The lowest BCUT2D eigenvalue weighted by Gasteiger charge is -2.06. The topological polar surface area (TPSA) is 44.0 Å². The van der Waals surface area contributed by atoms with Crippen LogP contribution >= 0.6 is 0 Å². The largest absolute Gasteiger partial charge is 0.390 e. The molecular weight excluding hydrogens is 162 g/mol. The quantitative estimate of drug-likeness (QED) is 0.738. The van der Waals surface area contributed by atoms with Crippen LogP contribution in [0, 0.1) is 11.3 Å². The van der Waals surface area contributed by atoms with Gasteiger partial charge in [-0.05, 0) is 30.5 Å². The number of rotatable bonds is 2. The first-order valence-electron chi connectivity index (χ1n) is 4.43. The summed E-state index contributed by atoms with van der Waals surface area (Å²) < 4.78 is 0. The van der Waals surface area contributed by atoms with Gasteiger partial charge in [0.25, 0.3) is 0 Å². The maximum absolute atomic E-state index is 9.64. The number of aliphatic hydroxyl groups is 1. The van der Waals surface area contributed by atoms with Gasteiger partial charge in [0, 0.05) is 6.42 Å². The Balaban J connectivity index is 2.10. The van der Waals surface area contributed by atoms with Crippen LogP contribution in [0.2, 0.25) is 0 Å². The van der Waals surface area contributed by atoms with E-state index in [2.05, 4.69) is 6.07 Å². The average molecular weight is 173 g/mol. The van der Waals surface area contributed by atoms with Crippen LogP contribution in [0.3, 0.4) is 0 Å². The van der Waals surface area contributed by atoms with E-state index in [0.29, 0.717) is 5.56 Å². The first-order valence-corrected chi connectivity index (χ1v) is 4.43. The second-order valence-corrected chi connectivity index (χ2v) is 3.71. The van der Waals surface area contributed by atoms with Gasteiger partial charge >= 0.3 is 0 Å². The minimum atomic E-state index is -0.436. The number of hydrogen-bond acceptors (Lipinski definition) is 2. The van der Waals surface area contributed by atoms with E-state index in [1.165, 1.54) is 0 Å². The molecule has 0 unspecified atom stereocenters. The van der Waals surface area contributed by atoms with Crippen LogP contribution in [-0.2, 0) is 6.42 Å². The zero-order valence-electron chi connectivity index (χ0n) is 7.33. The van der Waals surface area contributed by atoms with Crippen LogP contribution < -0.4 is 0 Å². The fraction of sp³-hybridized carbons (Fsp3) is 0.364. The highest BCUT2D eigenvalue weighted by Gasteiger charge is 2.39. The third-order valence-corrected chi connectivity index (χ3v) is 2.44. The van der Waals surface area contributed by atoms with Gasteiger partial charge in [-0.2, -0.15) is 5.26 Å². The van der Waals surface area contributed by atoms with E-state index in [9.17, 15) is 5.11 Å². The summed E-state index contributed by atoms with van der Waals surface area (Å²) in [5.41, 5.74) is 1.35. The standard InChI is InChI=1S/C11H11NO/c12-8-10-3-1-9(2-4-10)7-11(13)5-6-11/h1-4,13H,5-7H2. The van der Waals surface area contributed by atoms with E-state index < -0.39 is 5.60 Å². The molecule has 0 aliphatic heterocycles. The molecule has 0 bridgehead atoms. The van der Waals surface area contributed by atoms with E-state index in [-0.39, 0.29) is 0 Å². The van der Waals surface area contributed by atoms with Crippen LogP contribution in [0.5, 0.6) is 0 Å². The van der Waals surface area contributed by atoms with Crippen molar-refractivity contribution in [1.82, 2.24) is 0 Å². The summed E-state index contributed by atoms with van der Waals surface area (Å²) in [5, 5.41) is 18.2. The van der Waals surface area contributed by atoms with Gasteiger partial charge in [0.1, 0.15) is 0 Å². The van der Waals surface area contributed by atoms with Crippen molar-refractivity contribution in [1.29, 1.82) is 5.26 Å². The number of benzene rings is 1. The van der Waals surface area contributed by atoms with Crippen molar-refractivity contribution in [3.8, 4) is 6.07 Å². The Bertz CT molecular complexity index is 343. The van der Waals surface area contributed by atoms with Crippen molar-refractivity contribution in [2.75, 3.05) is 0 Å². The summed E-state index contributed by atoms with van der Waals surface area (Å²) in [6.07, 6.45) is 2.54. The maximum Gasteiger partial charge on any atom is 0.0991 e. The predicted molar refractivity (Wildman–Crippen MR) is 49.0 cm³/mol. The molecule has 1 N–H and O–H groups in total. The van der Waals surface area contributed by atoms with Crippen molar-refractivity contribution in [2.24, 2.45) is 0 Å². The van der Waals surface area contributed by atoms with Gasteiger partial charge in [-0.1, -0.05) is 12.1 Å². The number of hydrogen-bond donors (Lipinski definition) is 1. The van der Waals surface area contributed by atoms with Crippen molar-refractivity contribution in [2.45, 2.75) is 24.9 Å². The second kappa shape index (κ2) is 2.86. The number of nitrogens with zero attached hydrogens (tertiary/aromatic N) is 1. The third-order valence-electron chi connectivity index (χ3n) is 2.44. The van der Waals surface area contributed by atoms with Crippen LogP contribution in [0.1, 0.15) is 24.0 Å². The summed E-state index contributed by atoms with van der Waals surface area (Å²) in [6.45, 7) is 0. The Kier molecular flexibility index (Phi) is 1.82. The second-order valence-electron chi connectivity index (χ2n) is 3.71. The van der Waals surface area contributed by atoms with E-state index in [4.69, 9.17) is 5.26 Å². The molecule has 0 amide bonds. The molecule has 1 aromatic rings. The highest BCUT2D eigenvalue weighted by atomic mass is 16.3. The first-order chi connectivity index (χ1) is 6.22. The van der Waals surface area contributed by atoms with Crippen molar-refractivity contribution in [3.05, 3.63) is 35.4 Å². The Labute approximate surface area is 77.4 Å². The van der Waals surface area contributed by atoms with Crippen LogP contribution in [0.15, 0.2) is 24.3 Å². The molecule has 0 saturated heterocycles. The molecule has 2 heteroatoms. The van der Waals surface area contributed by atoms with Crippen molar-refractivity contribution in [3.63, 3.8) is 0 Å². The maximum atomic E-state index is 9.64. The molecule has 13 heavy (non-hydrogen) atoms. The molecule has 0 aromatic heterocycles. The minimum Gasteiger partial charge on any atom is -0.390 e. The Hall–Kier alpha value is -1.33. The summed E-state index contributed by atoms with van der Waals surface area (Å²) >= 11 is 0. The fourth-order valence-electron chi connectivity index (χ4n) is 1.40. The Morgan fingerprint density at radius 2 is 1.92 bits per heavy atom. The smallest absolute Gasteiger partial charge is 0.0991 e. The van der Waals surface area contributed by atoms with Gasteiger partial charge in [0.2, 0.25) is 0 Å². The molecule has 0 spiro atoms. The predicted octanol–water partition coefficient (Wildman–Crippen LogP) is 1.63. The molecule has 1 aliphatic rings. The van der Waals surface area contributed by atoms with Crippen LogP contribution in [0.25, 0.3) is 0 Å². The average Bonchev–Trinajstić information content (AvgIpc) is 2.85. The first kappa shape index (κ1) is 8.28. The molecule has 2 nitrogen and oxygen atoms in total. The van der Waals surface area contributed by atoms with Gasteiger partial charge in [0.05, 0.1) is 17.2 Å². The summed E-state index contributed by atoms with van der Waals surface area (Å²) in [6, 6.07) is 9.48. The van der Waals surface area contributed by atoms with E-state index in [1.807, 2.05) is 12.1 Å². The molecule has 66 valence electrons. The molecular formula is C11H11NO. The summed E-state index contributed by atoms with van der Waals surface area (Å²) in [5.74, 6) is 0. The van der Waals surface area contributed by atoms with Crippen molar-refractivity contribution >= 4 is 0 Å². The number of nitriles is 1. The lowest BCUT2D eigenvalue weighted by atomic mass is 10.1. The van der Waals surface area contributed by atoms with Crippen LogP contribution in [0.4, 0.5) is 0 Å². The monoisotopic (exact) mass is 173 g/mol. The SMILES string of the molecule is N#Cc1ccc(CC2(O)CC2)cc1. The molecule has 0 radical (unpaired) electrons. The zero-order chi connectivity index (χ0) is 9.31. The molecule has 0 atom stereocenters. The van der Waals surface area contributed by atoms with Gasteiger partial charge in [-0.25, -0.2) is 0 Å². The summed E-state index contributed by atoms with van der Waals surface area (Å²) in [7, 11) is 0. The van der Waals surface area contributed by atoms with Gasteiger partial charge in [0.15, 0.2) is 0 Å². The van der Waals surface area contributed by atoms with Crippen LogP contribution in [-0.4, -0.2) is 10.7 Å². The van der Waals surface area contributed by atoms with E-state index in [0.717, 1.165) is 24.8 Å². The lowest BCUT2D eigenvalue weighted by molar-refractivity contribution is 0.151. The van der Waals surface area contributed by atoms with E-state index >= 15 is 0 Å². The van der Waals surface area contributed by atoms with Gasteiger partial charge in [-0.15, -0.1) is 0 Å². The molecule has 1 aromatic carbocycles. The minimum absolute atomic E-state index is 0.436. The Morgan fingerprint density at radius 1 is 1.31 bits per heavy atom.